The molecule has 1 fully saturated rings. The van der Waals surface area contributed by atoms with Crippen molar-refractivity contribution in [2.24, 2.45) is 11.8 Å². The first-order valence-corrected chi connectivity index (χ1v) is 11.6. The number of aliphatic hydroxyl groups is 1. The highest BCUT2D eigenvalue weighted by atomic mass is 16.5. The van der Waals surface area contributed by atoms with Crippen molar-refractivity contribution in [3.63, 3.8) is 0 Å². The van der Waals surface area contributed by atoms with Gasteiger partial charge in [0.1, 0.15) is 5.75 Å². The Bertz CT molecular complexity index is 761. The molecule has 2 aliphatic rings. The molecular formula is C27H36O2. The van der Waals surface area contributed by atoms with Crippen molar-refractivity contribution in [1.29, 1.82) is 0 Å². The maximum Gasteiger partial charge on any atom is 0.119 e. The maximum absolute atomic E-state index is 10.9. The molecule has 2 aromatic rings. The highest BCUT2D eigenvalue weighted by Gasteiger charge is 2.25. The second-order valence-corrected chi connectivity index (χ2v) is 9.28. The Morgan fingerprint density at radius 2 is 1.66 bits per heavy atom. The van der Waals surface area contributed by atoms with E-state index in [1.165, 1.54) is 62.5 Å². The van der Waals surface area contributed by atoms with Crippen molar-refractivity contribution >= 4 is 0 Å². The van der Waals surface area contributed by atoms with Gasteiger partial charge in [-0.05, 0) is 91.5 Å². The van der Waals surface area contributed by atoms with E-state index in [-0.39, 0.29) is 6.10 Å². The van der Waals surface area contributed by atoms with E-state index < -0.39 is 0 Å². The summed E-state index contributed by atoms with van der Waals surface area (Å²) in [6.45, 7) is 0. The predicted molar refractivity (Wildman–Crippen MR) is 119 cm³/mol. The quantitative estimate of drug-likeness (QED) is 0.604. The Kier molecular flexibility index (Phi) is 6.92. The first-order valence-electron chi connectivity index (χ1n) is 11.6. The van der Waals surface area contributed by atoms with Crippen LogP contribution in [0.15, 0.2) is 48.5 Å². The van der Waals surface area contributed by atoms with Crippen LogP contribution in [0.1, 0.15) is 86.5 Å². The van der Waals surface area contributed by atoms with Crippen LogP contribution < -0.4 is 4.74 Å². The van der Waals surface area contributed by atoms with Gasteiger partial charge in [-0.1, -0.05) is 55.7 Å². The number of rotatable bonds is 5. The monoisotopic (exact) mass is 392 g/mol. The normalized spacial score (nSPS) is 27.5. The van der Waals surface area contributed by atoms with Crippen LogP contribution in [0.3, 0.4) is 0 Å². The molecule has 0 heterocycles. The zero-order valence-electron chi connectivity index (χ0n) is 17.9. The van der Waals surface area contributed by atoms with Gasteiger partial charge in [0.05, 0.1) is 13.2 Å². The van der Waals surface area contributed by atoms with Crippen LogP contribution >= 0.6 is 0 Å². The summed E-state index contributed by atoms with van der Waals surface area (Å²) in [6.07, 6.45) is 12.2. The van der Waals surface area contributed by atoms with E-state index in [1.807, 2.05) is 6.07 Å². The maximum atomic E-state index is 10.9. The summed E-state index contributed by atoms with van der Waals surface area (Å²) in [5.41, 5.74) is 3.93. The van der Waals surface area contributed by atoms with Gasteiger partial charge in [0.25, 0.3) is 0 Å². The smallest absolute Gasteiger partial charge is 0.119 e. The summed E-state index contributed by atoms with van der Waals surface area (Å²) in [7, 11) is 1.71. The topological polar surface area (TPSA) is 29.5 Å². The van der Waals surface area contributed by atoms with Gasteiger partial charge in [0.2, 0.25) is 0 Å². The third kappa shape index (κ3) is 5.22. The highest BCUT2D eigenvalue weighted by molar-refractivity contribution is 5.37. The Hall–Kier alpha value is -1.80. The molecule has 2 nitrogen and oxygen atoms in total. The number of ether oxygens (including phenoxy) is 1. The molecule has 29 heavy (non-hydrogen) atoms. The Balaban J connectivity index is 1.27. The molecule has 2 heteroatoms. The lowest BCUT2D eigenvalue weighted by Gasteiger charge is -2.31. The standard InChI is InChI=1S/C27H36O2/c1-29-25-16-17-26-24(19-25)9-5-6-21(18-27(26)28)11-10-20-12-14-23(15-13-20)22-7-3-2-4-8-22/h2-4,7-8,16-17,19-21,23,27-28H,5-6,9-15,18H2,1H3. The minimum atomic E-state index is -0.324. The van der Waals surface area contributed by atoms with E-state index in [1.54, 1.807) is 7.11 Å². The van der Waals surface area contributed by atoms with Gasteiger partial charge in [-0.3, -0.25) is 0 Å². The predicted octanol–water partition coefficient (Wildman–Crippen LogP) is 6.83. The van der Waals surface area contributed by atoms with E-state index in [2.05, 4.69) is 42.5 Å². The highest BCUT2D eigenvalue weighted by Crippen LogP contribution is 2.40. The van der Waals surface area contributed by atoms with Gasteiger partial charge in [-0.25, -0.2) is 0 Å². The van der Waals surface area contributed by atoms with Crippen molar-refractivity contribution < 1.29 is 9.84 Å². The van der Waals surface area contributed by atoms with Gasteiger partial charge in [-0.15, -0.1) is 0 Å². The van der Waals surface area contributed by atoms with Crippen molar-refractivity contribution in [1.82, 2.24) is 0 Å². The molecule has 4 rings (SSSR count). The molecule has 0 spiro atoms. The minimum absolute atomic E-state index is 0.324. The average molecular weight is 393 g/mol. The SMILES string of the molecule is COc1ccc2c(c1)CCCC(CCC1CCC(c3ccccc3)CC1)CC2O. The molecule has 0 radical (unpaired) electrons. The van der Waals surface area contributed by atoms with Gasteiger partial charge in [0.15, 0.2) is 0 Å². The number of benzene rings is 2. The summed E-state index contributed by atoms with van der Waals surface area (Å²) in [4.78, 5) is 0. The van der Waals surface area contributed by atoms with Crippen molar-refractivity contribution in [3.8, 4) is 5.75 Å². The molecule has 0 amide bonds. The van der Waals surface area contributed by atoms with Crippen molar-refractivity contribution in [2.75, 3.05) is 7.11 Å². The molecule has 0 saturated heterocycles. The summed E-state index contributed by atoms with van der Waals surface area (Å²) >= 11 is 0. The zero-order valence-corrected chi connectivity index (χ0v) is 17.9. The number of aliphatic hydroxyl groups excluding tert-OH is 1. The van der Waals surface area contributed by atoms with Gasteiger partial charge in [0, 0.05) is 0 Å². The third-order valence-electron chi connectivity index (χ3n) is 7.43. The van der Waals surface area contributed by atoms with E-state index in [9.17, 15) is 5.11 Å². The Morgan fingerprint density at radius 1 is 0.897 bits per heavy atom. The second kappa shape index (κ2) is 9.80. The van der Waals surface area contributed by atoms with E-state index in [0.29, 0.717) is 5.92 Å². The van der Waals surface area contributed by atoms with E-state index >= 15 is 0 Å². The lowest BCUT2D eigenvalue weighted by Crippen LogP contribution is -2.17. The van der Waals surface area contributed by atoms with E-state index in [4.69, 9.17) is 4.74 Å². The van der Waals surface area contributed by atoms with Crippen LogP contribution in [0.2, 0.25) is 0 Å². The molecule has 0 aliphatic heterocycles. The summed E-state index contributed by atoms with van der Waals surface area (Å²) < 4.78 is 5.37. The number of fused-ring (bicyclic) bond motifs is 1. The number of aryl methyl sites for hydroxylation is 1. The molecular weight excluding hydrogens is 356 g/mol. The molecule has 2 aromatic carbocycles. The lowest BCUT2D eigenvalue weighted by atomic mass is 9.75. The molecule has 1 saturated carbocycles. The molecule has 2 unspecified atom stereocenters. The molecule has 0 bridgehead atoms. The lowest BCUT2D eigenvalue weighted by molar-refractivity contribution is 0.129. The van der Waals surface area contributed by atoms with Crippen molar-refractivity contribution in [3.05, 3.63) is 65.2 Å². The number of methoxy groups -OCH3 is 1. The van der Waals surface area contributed by atoms with Crippen LogP contribution in [0.4, 0.5) is 0 Å². The van der Waals surface area contributed by atoms with Crippen LogP contribution in [0.5, 0.6) is 5.75 Å². The van der Waals surface area contributed by atoms with Crippen molar-refractivity contribution in [2.45, 2.75) is 76.2 Å². The average Bonchev–Trinajstić information content (AvgIpc) is 2.77. The zero-order chi connectivity index (χ0) is 20.1. The minimum Gasteiger partial charge on any atom is -0.497 e. The second-order valence-electron chi connectivity index (χ2n) is 9.28. The number of hydrogen-bond donors (Lipinski definition) is 1. The largest absolute Gasteiger partial charge is 0.497 e. The van der Waals surface area contributed by atoms with Crippen LogP contribution in [-0.4, -0.2) is 12.2 Å². The summed E-state index contributed by atoms with van der Waals surface area (Å²) in [5.74, 6) is 3.21. The molecule has 2 atom stereocenters. The fourth-order valence-corrected chi connectivity index (χ4v) is 5.64. The van der Waals surface area contributed by atoms with E-state index in [0.717, 1.165) is 36.0 Å². The molecule has 0 aromatic heterocycles. The Morgan fingerprint density at radius 3 is 2.41 bits per heavy atom. The van der Waals surface area contributed by atoms with Crippen LogP contribution in [0.25, 0.3) is 0 Å². The fraction of sp³-hybridized carbons (Fsp3) is 0.556. The van der Waals surface area contributed by atoms with Gasteiger partial charge < -0.3 is 9.84 Å². The summed E-state index contributed by atoms with van der Waals surface area (Å²) in [5, 5.41) is 10.9. The first-order chi connectivity index (χ1) is 14.2. The fourth-order valence-electron chi connectivity index (χ4n) is 5.64. The van der Waals surface area contributed by atoms with Gasteiger partial charge in [-0.2, -0.15) is 0 Å². The van der Waals surface area contributed by atoms with Gasteiger partial charge >= 0.3 is 0 Å². The Labute approximate surface area is 176 Å². The molecule has 156 valence electrons. The molecule has 1 N–H and O–H groups in total. The molecule has 2 aliphatic carbocycles. The first kappa shape index (κ1) is 20.5. The summed E-state index contributed by atoms with van der Waals surface area (Å²) in [6, 6.07) is 17.3. The third-order valence-corrected chi connectivity index (χ3v) is 7.43. The van der Waals surface area contributed by atoms with Crippen LogP contribution in [-0.2, 0) is 6.42 Å². The van der Waals surface area contributed by atoms with Crippen LogP contribution in [0, 0.1) is 11.8 Å². The number of hydrogen-bond acceptors (Lipinski definition) is 2.